The smallest absolute Gasteiger partial charge is 0.251 e. The van der Waals surface area contributed by atoms with Crippen LogP contribution in [0.25, 0.3) is 0 Å². The largest absolute Gasteiger partial charge is 0.504 e. The van der Waals surface area contributed by atoms with E-state index in [9.17, 15) is 9.90 Å². The Balaban J connectivity index is 2.02. The van der Waals surface area contributed by atoms with E-state index in [0.717, 1.165) is 0 Å². The molecule has 0 fully saturated rings. The van der Waals surface area contributed by atoms with Gasteiger partial charge in [0.05, 0.1) is 13.7 Å². The fraction of sp³-hybridized carbons (Fsp3) is 0.182. The molecule has 0 aliphatic carbocycles. The highest BCUT2D eigenvalue weighted by Crippen LogP contribution is 2.26. The summed E-state index contributed by atoms with van der Waals surface area (Å²) >= 11 is 0. The lowest BCUT2D eigenvalue weighted by Crippen LogP contribution is -2.23. The molecule has 3 N–H and O–H groups in total. The molecule has 1 aromatic carbocycles. The van der Waals surface area contributed by atoms with E-state index >= 15 is 0 Å². The summed E-state index contributed by atoms with van der Waals surface area (Å²) in [6.07, 6.45) is 1.36. The van der Waals surface area contributed by atoms with Gasteiger partial charge in [0, 0.05) is 5.56 Å². The monoisotopic (exact) mass is 248 g/mol. The summed E-state index contributed by atoms with van der Waals surface area (Å²) in [7, 11) is 1.44. The molecule has 0 atom stereocenters. The van der Waals surface area contributed by atoms with Gasteiger partial charge in [-0.15, -0.1) is 0 Å². The summed E-state index contributed by atoms with van der Waals surface area (Å²) in [4.78, 5) is 15.6. The maximum atomic E-state index is 11.8. The summed E-state index contributed by atoms with van der Waals surface area (Å²) in [6, 6.07) is 4.43. The van der Waals surface area contributed by atoms with E-state index in [1.807, 2.05) is 0 Å². The van der Waals surface area contributed by atoms with Gasteiger partial charge in [-0.1, -0.05) is 0 Å². The molecule has 0 aliphatic heterocycles. The third kappa shape index (κ3) is 2.57. The van der Waals surface area contributed by atoms with E-state index in [1.165, 1.54) is 25.6 Å². The molecular formula is C11H12N4O3. The zero-order valence-corrected chi connectivity index (χ0v) is 9.67. The van der Waals surface area contributed by atoms with Gasteiger partial charge in [0.2, 0.25) is 0 Å². The number of hydrogen-bond donors (Lipinski definition) is 3. The third-order valence-electron chi connectivity index (χ3n) is 2.32. The van der Waals surface area contributed by atoms with Crippen molar-refractivity contribution in [3.63, 3.8) is 0 Å². The number of hydrogen-bond acceptors (Lipinski definition) is 5. The van der Waals surface area contributed by atoms with Crippen molar-refractivity contribution in [3.05, 3.63) is 35.9 Å². The van der Waals surface area contributed by atoms with E-state index < -0.39 is 0 Å². The van der Waals surface area contributed by atoms with Crippen LogP contribution in [0.5, 0.6) is 11.5 Å². The van der Waals surface area contributed by atoms with Crippen molar-refractivity contribution in [1.82, 2.24) is 20.5 Å². The molecule has 94 valence electrons. The van der Waals surface area contributed by atoms with E-state index in [0.29, 0.717) is 17.1 Å². The van der Waals surface area contributed by atoms with Gasteiger partial charge in [-0.25, -0.2) is 4.98 Å². The van der Waals surface area contributed by atoms with Crippen LogP contribution in [-0.4, -0.2) is 33.3 Å². The Hall–Kier alpha value is -2.57. The Morgan fingerprint density at radius 1 is 1.56 bits per heavy atom. The topological polar surface area (TPSA) is 100 Å². The molecule has 1 amide bonds. The molecule has 7 nitrogen and oxygen atoms in total. The lowest BCUT2D eigenvalue weighted by Gasteiger charge is -2.06. The van der Waals surface area contributed by atoms with Crippen molar-refractivity contribution >= 4 is 5.91 Å². The summed E-state index contributed by atoms with van der Waals surface area (Å²) in [6.45, 7) is 0.242. The zero-order chi connectivity index (χ0) is 13.0. The second kappa shape index (κ2) is 5.17. The lowest BCUT2D eigenvalue weighted by molar-refractivity contribution is 0.0949. The normalized spacial score (nSPS) is 10.1. The molecule has 1 aromatic heterocycles. The molecular weight excluding hydrogens is 236 g/mol. The number of ether oxygens (including phenoxy) is 1. The van der Waals surface area contributed by atoms with Crippen molar-refractivity contribution in [2.24, 2.45) is 0 Å². The average molecular weight is 248 g/mol. The van der Waals surface area contributed by atoms with Gasteiger partial charge in [-0.3, -0.25) is 9.89 Å². The SMILES string of the molecule is COc1ccc(C(=O)NCc2ncn[nH]2)cc1O. The number of methoxy groups -OCH3 is 1. The Morgan fingerprint density at radius 2 is 2.39 bits per heavy atom. The van der Waals surface area contributed by atoms with Crippen molar-refractivity contribution in [2.75, 3.05) is 7.11 Å². The van der Waals surface area contributed by atoms with Crippen LogP contribution in [0.1, 0.15) is 16.2 Å². The number of carbonyl (C=O) groups is 1. The van der Waals surface area contributed by atoms with Crippen LogP contribution in [0.15, 0.2) is 24.5 Å². The quantitative estimate of drug-likeness (QED) is 0.729. The predicted octanol–water partition coefficient (Wildman–Crippen LogP) is 0.449. The van der Waals surface area contributed by atoms with E-state index in [1.54, 1.807) is 6.07 Å². The number of rotatable bonds is 4. The summed E-state index contributed by atoms with van der Waals surface area (Å²) in [5.74, 6) is 0.483. The molecule has 0 unspecified atom stereocenters. The number of aromatic hydroxyl groups is 1. The first-order chi connectivity index (χ1) is 8.70. The number of aromatic nitrogens is 3. The minimum Gasteiger partial charge on any atom is -0.504 e. The van der Waals surface area contributed by atoms with Gasteiger partial charge in [0.25, 0.3) is 5.91 Å². The van der Waals surface area contributed by atoms with Crippen LogP contribution in [0.3, 0.4) is 0 Å². The van der Waals surface area contributed by atoms with Crippen molar-refractivity contribution < 1.29 is 14.6 Å². The van der Waals surface area contributed by atoms with Gasteiger partial charge in [-0.05, 0) is 18.2 Å². The number of phenols is 1. The van der Waals surface area contributed by atoms with Crippen molar-refractivity contribution in [3.8, 4) is 11.5 Å². The highest BCUT2D eigenvalue weighted by atomic mass is 16.5. The van der Waals surface area contributed by atoms with Gasteiger partial charge < -0.3 is 15.2 Å². The molecule has 2 rings (SSSR count). The molecule has 0 radical (unpaired) electrons. The number of H-pyrrole nitrogens is 1. The minimum absolute atomic E-state index is 0.0789. The van der Waals surface area contributed by atoms with Gasteiger partial charge in [0.1, 0.15) is 12.2 Å². The molecule has 0 saturated carbocycles. The highest BCUT2D eigenvalue weighted by Gasteiger charge is 2.09. The van der Waals surface area contributed by atoms with Crippen LogP contribution in [0, 0.1) is 0 Å². The second-order valence-corrected chi connectivity index (χ2v) is 3.50. The molecule has 7 heteroatoms. The molecule has 1 heterocycles. The Kier molecular flexibility index (Phi) is 3.42. The van der Waals surface area contributed by atoms with Crippen LogP contribution in [0.4, 0.5) is 0 Å². The zero-order valence-electron chi connectivity index (χ0n) is 9.67. The standard InChI is InChI=1S/C11H12N4O3/c1-18-9-3-2-7(4-8(9)16)11(17)12-5-10-13-6-14-15-10/h2-4,6,16H,5H2,1H3,(H,12,17)(H,13,14,15). The van der Waals surface area contributed by atoms with Crippen LogP contribution in [-0.2, 0) is 6.54 Å². The maximum absolute atomic E-state index is 11.8. The maximum Gasteiger partial charge on any atom is 0.251 e. The first kappa shape index (κ1) is 11.9. The molecule has 0 spiro atoms. The Bertz CT molecular complexity index is 539. The van der Waals surface area contributed by atoms with Gasteiger partial charge in [-0.2, -0.15) is 5.10 Å². The first-order valence-corrected chi connectivity index (χ1v) is 5.20. The second-order valence-electron chi connectivity index (χ2n) is 3.50. The third-order valence-corrected chi connectivity index (χ3v) is 2.32. The summed E-state index contributed by atoms with van der Waals surface area (Å²) in [5, 5.41) is 18.5. The Labute approximate surface area is 103 Å². The Morgan fingerprint density at radius 3 is 3.00 bits per heavy atom. The number of benzene rings is 1. The number of amides is 1. The van der Waals surface area contributed by atoms with Crippen molar-refractivity contribution in [1.29, 1.82) is 0 Å². The number of nitrogens with one attached hydrogen (secondary N) is 2. The van der Waals surface area contributed by atoms with E-state index in [4.69, 9.17) is 4.74 Å². The first-order valence-electron chi connectivity index (χ1n) is 5.20. The van der Waals surface area contributed by atoms with Crippen LogP contribution in [0.2, 0.25) is 0 Å². The van der Waals surface area contributed by atoms with Gasteiger partial charge in [0.15, 0.2) is 11.5 Å². The number of carbonyl (C=O) groups excluding carboxylic acids is 1. The molecule has 18 heavy (non-hydrogen) atoms. The number of nitrogens with zero attached hydrogens (tertiary/aromatic N) is 2. The molecule has 0 saturated heterocycles. The predicted molar refractivity (Wildman–Crippen MR) is 62.2 cm³/mol. The van der Waals surface area contributed by atoms with Crippen molar-refractivity contribution in [2.45, 2.75) is 6.54 Å². The fourth-order valence-electron chi connectivity index (χ4n) is 1.41. The lowest BCUT2D eigenvalue weighted by atomic mass is 10.2. The minimum atomic E-state index is -0.315. The van der Waals surface area contributed by atoms with Crippen LogP contribution < -0.4 is 10.1 Å². The van der Waals surface area contributed by atoms with Crippen LogP contribution >= 0.6 is 0 Å². The average Bonchev–Trinajstić information content (AvgIpc) is 2.89. The molecule has 0 bridgehead atoms. The fourth-order valence-corrected chi connectivity index (χ4v) is 1.41. The van der Waals surface area contributed by atoms with E-state index in [2.05, 4.69) is 20.5 Å². The summed E-state index contributed by atoms with van der Waals surface area (Å²) in [5.41, 5.74) is 0.341. The van der Waals surface area contributed by atoms with Gasteiger partial charge >= 0.3 is 0 Å². The molecule has 2 aromatic rings. The molecule has 0 aliphatic rings. The number of phenolic OH excluding ortho intramolecular Hbond substituents is 1. The number of aromatic amines is 1. The van der Waals surface area contributed by atoms with E-state index in [-0.39, 0.29) is 18.2 Å². The summed E-state index contributed by atoms with van der Waals surface area (Å²) < 4.78 is 4.89. The highest BCUT2D eigenvalue weighted by molar-refractivity contribution is 5.94.